The van der Waals surface area contributed by atoms with E-state index in [-0.39, 0.29) is 12.1 Å². The van der Waals surface area contributed by atoms with Crippen LogP contribution < -0.4 is 4.74 Å². The number of sulfonamides is 1. The van der Waals surface area contributed by atoms with Gasteiger partial charge >= 0.3 is 0 Å². The summed E-state index contributed by atoms with van der Waals surface area (Å²) in [6.45, 7) is 6.71. The van der Waals surface area contributed by atoms with Crippen LogP contribution in [0.3, 0.4) is 0 Å². The molecule has 1 heterocycles. The van der Waals surface area contributed by atoms with E-state index in [4.69, 9.17) is 9.47 Å². The second-order valence-corrected chi connectivity index (χ2v) is 9.13. The summed E-state index contributed by atoms with van der Waals surface area (Å²) in [6, 6.07) is 14.5. The Labute approximate surface area is 162 Å². The Bertz CT molecular complexity index is 860. The number of rotatable bonds is 5. The molecule has 2 aromatic rings. The number of benzene rings is 2. The zero-order valence-electron chi connectivity index (χ0n) is 16.3. The quantitative estimate of drug-likeness (QED) is 0.776. The number of hydrogen-bond donors (Lipinski definition) is 0. The standard InChI is InChI=1S/C21H27NO4S/c1-15(2)17-7-11-20(12-8-17)27(23,24)22-13-21(26-14-16(22)3)18-5-9-19(25-4)10-6-18/h5-12,15-16,21H,13-14H2,1-4H3. The second-order valence-electron chi connectivity index (χ2n) is 7.24. The maximum Gasteiger partial charge on any atom is 0.243 e. The largest absolute Gasteiger partial charge is 0.497 e. The summed E-state index contributed by atoms with van der Waals surface area (Å²) >= 11 is 0. The molecule has 0 aromatic heterocycles. The molecular weight excluding hydrogens is 362 g/mol. The molecule has 146 valence electrons. The van der Waals surface area contributed by atoms with Crippen LogP contribution in [0.25, 0.3) is 0 Å². The predicted molar refractivity (Wildman–Crippen MR) is 106 cm³/mol. The normalized spacial score (nSPS) is 21.4. The van der Waals surface area contributed by atoms with Crippen molar-refractivity contribution in [2.75, 3.05) is 20.3 Å². The summed E-state index contributed by atoms with van der Waals surface area (Å²) in [5, 5.41) is 0. The molecule has 0 saturated carbocycles. The third-order valence-electron chi connectivity index (χ3n) is 5.02. The van der Waals surface area contributed by atoms with Gasteiger partial charge in [-0.25, -0.2) is 8.42 Å². The molecule has 0 N–H and O–H groups in total. The first-order valence-corrected chi connectivity index (χ1v) is 10.6. The summed E-state index contributed by atoms with van der Waals surface area (Å²) in [5.74, 6) is 1.13. The fraction of sp³-hybridized carbons (Fsp3) is 0.429. The lowest BCUT2D eigenvalue weighted by Crippen LogP contribution is -2.48. The lowest BCUT2D eigenvalue weighted by Gasteiger charge is -2.37. The maximum absolute atomic E-state index is 13.2. The van der Waals surface area contributed by atoms with E-state index in [2.05, 4.69) is 13.8 Å². The predicted octanol–water partition coefficient (Wildman–Crippen LogP) is 3.97. The Kier molecular flexibility index (Phi) is 5.89. The van der Waals surface area contributed by atoms with Gasteiger partial charge in [-0.05, 0) is 48.2 Å². The van der Waals surface area contributed by atoms with Crippen molar-refractivity contribution in [2.45, 2.75) is 43.7 Å². The van der Waals surface area contributed by atoms with E-state index in [1.54, 1.807) is 23.5 Å². The van der Waals surface area contributed by atoms with Crippen LogP contribution in [0.2, 0.25) is 0 Å². The molecule has 6 heteroatoms. The first kappa shape index (κ1) is 19.9. The van der Waals surface area contributed by atoms with Crippen LogP contribution in [0.15, 0.2) is 53.4 Å². The third kappa shape index (κ3) is 4.18. The van der Waals surface area contributed by atoms with Gasteiger partial charge in [0, 0.05) is 12.6 Å². The van der Waals surface area contributed by atoms with Gasteiger partial charge in [0.1, 0.15) is 5.75 Å². The molecule has 2 aromatic carbocycles. The zero-order valence-corrected chi connectivity index (χ0v) is 17.1. The highest BCUT2D eigenvalue weighted by Gasteiger charge is 2.36. The minimum Gasteiger partial charge on any atom is -0.497 e. The van der Waals surface area contributed by atoms with Crippen LogP contribution in [0, 0.1) is 0 Å². The summed E-state index contributed by atoms with van der Waals surface area (Å²) in [6.07, 6.45) is -0.295. The van der Waals surface area contributed by atoms with E-state index in [0.717, 1.165) is 16.9 Å². The van der Waals surface area contributed by atoms with Gasteiger partial charge in [-0.3, -0.25) is 0 Å². The van der Waals surface area contributed by atoms with Crippen molar-refractivity contribution in [3.05, 3.63) is 59.7 Å². The molecule has 27 heavy (non-hydrogen) atoms. The molecule has 1 saturated heterocycles. The molecule has 2 atom stereocenters. The summed E-state index contributed by atoms with van der Waals surface area (Å²) in [4.78, 5) is 0.328. The number of ether oxygens (including phenoxy) is 2. The van der Waals surface area contributed by atoms with Crippen molar-refractivity contribution in [3.8, 4) is 5.75 Å². The van der Waals surface area contributed by atoms with Crippen molar-refractivity contribution in [3.63, 3.8) is 0 Å². The maximum atomic E-state index is 13.2. The molecule has 1 aliphatic rings. The van der Waals surface area contributed by atoms with Gasteiger partial charge in [0.05, 0.1) is 24.7 Å². The van der Waals surface area contributed by atoms with Crippen molar-refractivity contribution in [1.82, 2.24) is 4.31 Å². The monoisotopic (exact) mass is 389 g/mol. The van der Waals surface area contributed by atoms with E-state index in [9.17, 15) is 8.42 Å². The minimum atomic E-state index is -3.58. The van der Waals surface area contributed by atoms with Crippen molar-refractivity contribution < 1.29 is 17.9 Å². The van der Waals surface area contributed by atoms with E-state index in [1.807, 2.05) is 43.3 Å². The summed E-state index contributed by atoms with van der Waals surface area (Å²) in [5.41, 5.74) is 2.07. The van der Waals surface area contributed by atoms with Gasteiger partial charge in [0.15, 0.2) is 0 Å². The Balaban J connectivity index is 1.84. The first-order valence-electron chi connectivity index (χ1n) is 9.20. The van der Waals surface area contributed by atoms with E-state index >= 15 is 0 Å². The molecular formula is C21H27NO4S. The molecule has 3 rings (SSSR count). The molecule has 1 fully saturated rings. The van der Waals surface area contributed by atoms with Crippen LogP contribution in [-0.4, -0.2) is 39.0 Å². The number of hydrogen-bond acceptors (Lipinski definition) is 4. The first-order chi connectivity index (χ1) is 12.8. The Morgan fingerprint density at radius 2 is 1.70 bits per heavy atom. The van der Waals surface area contributed by atoms with Crippen LogP contribution in [0.1, 0.15) is 43.9 Å². The molecule has 0 amide bonds. The van der Waals surface area contributed by atoms with Crippen molar-refractivity contribution in [2.24, 2.45) is 0 Å². The summed E-state index contributed by atoms with van der Waals surface area (Å²) < 4.78 is 39.1. The second kappa shape index (κ2) is 8.00. The van der Waals surface area contributed by atoms with E-state index in [0.29, 0.717) is 24.0 Å². The van der Waals surface area contributed by atoms with Crippen molar-refractivity contribution >= 4 is 10.0 Å². The van der Waals surface area contributed by atoms with E-state index < -0.39 is 10.0 Å². The van der Waals surface area contributed by atoms with Gasteiger partial charge < -0.3 is 9.47 Å². The fourth-order valence-corrected chi connectivity index (χ4v) is 4.87. The topological polar surface area (TPSA) is 55.8 Å². The zero-order chi connectivity index (χ0) is 19.6. The third-order valence-corrected chi connectivity index (χ3v) is 7.01. The van der Waals surface area contributed by atoms with Crippen LogP contribution >= 0.6 is 0 Å². The lowest BCUT2D eigenvalue weighted by atomic mass is 10.0. The SMILES string of the molecule is COc1ccc(C2CN(S(=O)(=O)c3ccc(C(C)C)cc3)C(C)CO2)cc1. The number of methoxy groups -OCH3 is 1. The smallest absolute Gasteiger partial charge is 0.243 e. The molecule has 0 aliphatic carbocycles. The fourth-order valence-electron chi connectivity index (χ4n) is 3.25. The molecule has 5 nitrogen and oxygen atoms in total. The number of morpholine rings is 1. The minimum absolute atomic E-state index is 0.214. The van der Waals surface area contributed by atoms with Crippen LogP contribution in [0.4, 0.5) is 0 Å². The van der Waals surface area contributed by atoms with Crippen LogP contribution in [-0.2, 0) is 14.8 Å². The van der Waals surface area contributed by atoms with Gasteiger partial charge in [-0.1, -0.05) is 38.1 Å². The Morgan fingerprint density at radius 1 is 1.07 bits per heavy atom. The van der Waals surface area contributed by atoms with Crippen LogP contribution in [0.5, 0.6) is 5.75 Å². The molecule has 0 spiro atoms. The van der Waals surface area contributed by atoms with E-state index in [1.165, 1.54) is 0 Å². The molecule has 0 bridgehead atoms. The van der Waals surface area contributed by atoms with Crippen molar-refractivity contribution in [1.29, 1.82) is 0 Å². The molecule has 1 aliphatic heterocycles. The molecule has 0 radical (unpaired) electrons. The highest BCUT2D eigenvalue weighted by atomic mass is 32.2. The van der Waals surface area contributed by atoms with Gasteiger partial charge in [0.25, 0.3) is 0 Å². The average molecular weight is 390 g/mol. The van der Waals surface area contributed by atoms with Gasteiger partial charge in [-0.15, -0.1) is 0 Å². The Hall–Kier alpha value is -1.89. The average Bonchev–Trinajstić information content (AvgIpc) is 2.68. The highest BCUT2D eigenvalue weighted by Crippen LogP contribution is 2.30. The summed E-state index contributed by atoms with van der Waals surface area (Å²) in [7, 11) is -1.96. The highest BCUT2D eigenvalue weighted by molar-refractivity contribution is 7.89. The Morgan fingerprint density at radius 3 is 2.26 bits per heavy atom. The van der Waals surface area contributed by atoms with Gasteiger partial charge in [-0.2, -0.15) is 4.31 Å². The molecule has 2 unspecified atom stereocenters. The van der Waals surface area contributed by atoms with Gasteiger partial charge in [0.2, 0.25) is 10.0 Å². The number of nitrogens with zero attached hydrogens (tertiary/aromatic N) is 1. The lowest BCUT2D eigenvalue weighted by molar-refractivity contribution is -0.0288.